The van der Waals surface area contributed by atoms with E-state index < -0.39 is 0 Å². The van der Waals surface area contributed by atoms with E-state index in [1.54, 1.807) is 0 Å². The van der Waals surface area contributed by atoms with E-state index in [0.717, 1.165) is 10.9 Å². The molecule has 0 saturated heterocycles. The fourth-order valence-corrected chi connectivity index (χ4v) is 5.26. The molecule has 3 aromatic carbocycles. The van der Waals surface area contributed by atoms with Crippen molar-refractivity contribution in [3.63, 3.8) is 0 Å². The van der Waals surface area contributed by atoms with Crippen LogP contribution in [0.3, 0.4) is 0 Å². The van der Waals surface area contributed by atoms with Crippen LogP contribution >= 0.6 is 15.9 Å². The molecule has 162 valence electrons. The van der Waals surface area contributed by atoms with Crippen molar-refractivity contribution < 1.29 is 9.53 Å². The molecule has 0 fully saturated rings. The molecule has 3 aromatic rings. The minimum Gasteiger partial charge on any atom is -0.462 e. The molecule has 31 heavy (non-hydrogen) atoms. The summed E-state index contributed by atoms with van der Waals surface area (Å²) in [5, 5.41) is 3.42. The van der Waals surface area contributed by atoms with Crippen molar-refractivity contribution in [2.24, 2.45) is 0 Å². The van der Waals surface area contributed by atoms with E-state index in [1.165, 1.54) is 45.9 Å². The van der Waals surface area contributed by atoms with Crippen LogP contribution in [0.4, 0.5) is 0 Å². The maximum atomic E-state index is 12.0. The largest absolute Gasteiger partial charge is 0.462 e. The van der Waals surface area contributed by atoms with Crippen LogP contribution in [0.1, 0.15) is 74.5 Å². The maximum Gasteiger partial charge on any atom is 0.338 e. The Bertz CT molecular complexity index is 1140. The van der Waals surface area contributed by atoms with Crippen LogP contribution < -0.4 is 0 Å². The molecular formula is C28H31BrO2. The number of carbonyl (C=O) groups excluding carboxylic acids is 1. The van der Waals surface area contributed by atoms with Gasteiger partial charge in [-0.3, -0.25) is 0 Å². The van der Waals surface area contributed by atoms with Crippen molar-refractivity contribution in [1.29, 1.82) is 0 Å². The van der Waals surface area contributed by atoms with Gasteiger partial charge in [-0.15, -0.1) is 0 Å². The molecule has 0 aromatic heterocycles. The van der Waals surface area contributed by atoms with Crippen molar-refractivity contribution in [2.45, 2.75) is 63.6 Å². The molecule has 4 rings (SSSR count). The summed E-state index contributed by atoms with van der Waals surface area (Å²) < 4.78 is 5.11. The van der Waals surface area contributed by atoms with E-state index in [9.17, 15) is 4.79 Å². The van der Waals surface area contributed by atoms with Gasteiger partial charge in [0.25, 0.3) is 0 Å². The Morgan fingerprint density at radius 3 is 2.10 bits per heavy atom. The standard InChI is InChI=1S/C28H31BrO2/c1-6-31-26(30)19-9-7-18(8-10-19)20-13-21-15-24-25(16-23(21)22(14-20)17-29)28(4,5)12-11-27(24,2)3/h7-10,13-16H,6,11-12,17H2,1-5H3. The third kappa shape index (κ3) is 4.05. The normalized spacial score (nSPS) is 16.7. The average molecular weight is 479 g/mol. The summed E-state index contributed by atoms with van der Waals surface area (Å²) in [7, 11) is 0. The van der Waals surface area contributed by atoms with Gasteiger partial charge < -0.3 is 4.74 Å². The van der Waals surface area contributed by atoms with Gasteiger partial charge in [-0.1, -0.05) is 67.9 Å². The Morgan fingerprint density at radius 2 is 1.52 bits per heavy atom. The van der Waals surface area contributed by atoms with Gasteiger partial charge in [-0.05, 0) is 93.5 Å². The second kappa shape index (κ2) is 8.09. The number of esters is 1. The van der Waals surface area contributed by atoms with Crippen molar-refractivity contribution in [1.82, 2.24) is 0 Å². The lowest BCUT2D eigenvalue weighted by Gasteiger charge is -2.42. The first-order valence-electron chi connectivity index (χ1n) is 11.1. The van der Waals surface area contributed by atoms with Gasteiger partial charge in [0.1, 0.15) is 0 Å². The summed E-state index contributed by atoms with van der Waals surface area (Å²) >= 11 is 3.72. The van der Waals surface area contributed by atoms with Crippen molar-refractivity contribution in [3.05, 3.63) is 70.8 Å². The highest BCUT2D eigenvalue weighted by Crippen LogP contribution is 2.47. The highest BCUT2D eigenvalue weighted by atomic mass is 79.9. The first-order chi connectivity index (χ1) is 14.7. The highest BCUT2D eigenvalue weighted by molar-refractivity contribution is 9.08. The minimum atomic E-state index is -0.273. The predicted molar refractivity (Wildman–Crippen MR) is 133 cm³/mol. The first-order valence-corrected chi connectivity index (χ1v) is 12.2. The lowest BCUT2D eigenvalue weighted by Crippen LogP contribution is -2.33. The Labute approximate surface area is 194 Å². The number of halogens is 1. The molecule has 3 heteroatoms. The second-order valence-corrected chi connectivity index (χ2v) is 10.5. The highest BCUT2D eigenvalue weighted by Gasteiger charge is 2.37. The lowest BCUT2D eigenvalue weighted by atomic mass is 9.62. The Hall–Kier alpha value is -2.13. The van der Waals surface area contributed by atoms with Crippen LogP contribution in [-0.4, -0.2) is 12.6 Å². The molecular weight excluding hydrogens is 448 g/mol. The van der Waals surface area contributed by atoms with Gasteiger partial charge in [0.2, 0.25) is 0 Å². The van der Waals surface area contributed by atoms with Gasteiger partial charge in [0.05, 0.1) is 12.2 Å². The van der Waals surface area contributed by atoms with E-state index in [-0.39, 0.29) is 16.8 Å². The molecule has 0 N–H and O–H groups in total. The smallest absolute Gasteiger partial charge is 0.338 e. The Kier molecular flexibility index (Phi) is 5.76. The summed E-state index contributed by atoms with van der Waals surface area (Å²) in [4.78, 5) is 12.0. The molecule has 0 saturated carbocycles. The topological polar surface area (TPSA) is 26.3 Å². The van der Waals surface area contributed by atoms with Crippen molar-refractivity contribution in [2.75, 3.05) is 6.61 Å². The van der Waals surface area contributed by atoms with E-state index >= 15 is 0 Å². The van der Waals surface area contributed by atoms with Crippen LogP contribution in [0, 0.1) is 0 Å². The van der Waals surface area contributed by atoms with E-state index in [0.29, 0.717) is 12.2 Å². The summed E-state index contributed by atoms with van der Waals surface area (Å²) in [6, 6.07) is 17.1. The molecule has 0 heterocycles. The van der Waals surface area contributed by atoms with Gasteiger partial charge in [-0.2, -0.15) is 0 Å². The number of fused-ring (bicyclic) bond motifs is 2. The molecule has 0 radical (unpaired) electrons. The number of benzene rings is 3. The van der Waals surface area contributed by atoms with Gasteiger partial charge in [0, 0.05) is 5.33 Å². The number of carbonyl (C=O) groups is 1. The minimum absolute atomic E-state index is 0.185. The van der Waals surface area contributed by atoms with E-state index in [4.69, 9.17) is 4.74 Å². The molecule has 0 unspecified atom stereocenters. The van der Waals surface area contributed by atoms with Crippen molar-refractivity contribution >= 4 is 32.7 Å². The number of hydrogen-bond donors (Lipinski definition) is 0. The second-order valence-electron chi connectivity index (χ2n) is 9.95. The third-order valence-corrected chi connectivity index (χ3v) is 7.49. The van der Waals surface area contributed by atoms with Gasteiger partial charge in [0.15, 0.2) is 0 Å². The fraction of sp³-hybridized carbons (Fsp3) is 0.393. The zero-order valence-corrected chi connectivity index (χ0v) is 20.7. The number of rotatable bonds is 4. The van der Waals surface area contributed by atoms with E-state index in [2.05, 4.69) is 67.9 Å². The zero-order valence-electron chi connectivity index (χ0n) is 19.1. The monoisotopic (exact) mass is 478 g/mol. The number of ether oxygens (including phenoxy) is 1. The van der Waals surface area contributed by atoms with Gasteiger partial charge in [-0.25, -0.2) is 4.79 Å². The zero-order chi connectivity index (χ0) is 22.4. The summed E-state index contributed by atoms with van der Waals surface area (Å²) in [6.45, 7) is 11.7. The predicted octanol–water partition coefficient (Wildman–Crippen LogP) is 7.93. The SMILES string of the molecule is CCOC(=O)c1ccc(-c2cc(CBr)c3cc4c(cc3c2)C(C)(C)CCC4(C)C)cc1. The van der Waals surface area contributed by atoms with E-state index in [1.807, 2.05) is 31.2 Å². The molecule has 2 nitrogen and oxygen atoms in total. The average Bonchev–Trinajstić information content (AvgIpc) is 2.75. The van der Waals surface area contributed by atoms with Crippen molar-refractivity contribution in [3.8, 4) is 11.1 Å². The molecule has 0 bridgehead atoms. The number of hydrogen-bond acceptors (Lipinski definition) is 2. The molecule has 0 spiro atoms. The summed E-state index contributed by atoms with van der Waals surface area (Å²) in [5.74, 6) is -0.273. The van der Waals surface area contributed by atoms with Crippen LogP contribution in [0.2, 0.25) is 0 Å². The summed E-state index contributed by atoms with van der Waals surface area (Å²) in [5.41, 5.74) is 7.51. The molecule has 0 amide bonds. The number of alkyl halides is 1. The molecule has 1 aliphatic carbocycles. The summed E-state index contributed by atoms with van der Waals surface area (Å²) in [6.07, 6.45) is 2.42. The molecule has 0 atom stereocenters. The molecule has 1 aliphatic rings. The third-order valence-electron chi connectivity index (χ3n) is 6.88. The fourth-order valence-electron chi connectivity index (χ4n) is 4.79. The first kappa shape index (κ1) is 22.1. The maximum absolute atomic E-state index is 12.0. The van der Waals surface area contributed by atoms with Crippen LogP contribution in [-0.2, 0) is 20.9 Å². The Balaban J connectivity index is 1.85. The molecule has 0 aliphatic heterocycles. The van der Waals surface area contributed by atoms with Crippen LogP contribution in [0.15, 0.2) is 48.5 Å². The van der Waals surface area contributed by atoms with Gasteiger partial charge >= 0.3 is 5.97 Å². The Morgan fingerprint density at radius 1 is 0.903 bits per heavy atom. The quantitative estimate of drug-likeness (QED) is 0.281. The lowest BCUT2D eigenvalue weighted by molar-refractivity contribution is 0.0526. The van der Waals surface area contributed by atoms with Crippen LogP contribution in [0.5, 0.6) is 0 Å². The van der Waals surface area contributed by atoms with Crippen LogP contribution in [0.25, 0.3) is 21.9 Å².